The molecular formula is C11H9F5O. The van der Waals surface area contributed by atoms with Crippen molar-refractivity contribution in [3.05, 3.63) is 35.4 Å². The Morgan fingerprint density at radius 2 is 1.53 bits per heavy atom. The van der Waals surface area contributed by atoms with Gasteiger partial charge in [-0.3, -0.25) is 4.79 Å². The van der Waals surface area contributed by atoms with E-state index in [9.17, 15) is 26.7 Å². The predicted molar refractivity (Wildman–Crippen MR) is 50.6 cm³/mol. The average molecular weight is 252 g/mol. The van der Waals surface area contributed by atoms with E-state index in [-0.39, 0.29) is 0 Å². The lowest BCUT2D eigenvalue weighted by molar-refractivity contribution is -0.144. The Morgan fingerprint density at radius 1 is 1.06 bits per heavy atom. The van der Waals surface area contributed by atoms with Crippen molar-refractivity contribution in [2.24, 2.45) is 0 Å². The van der Waals surface area contributed by atoms with Gasteiger partial charge in [-0.2, -0.15) is 13.2 Å². The third-order valence-electron chi connectivity index (χ3n) is 2.10. The van der Waals surface area contributed by atoms with Crippen molar-refractivity contribution < 1.29 is 26.7 Å². The maximum absolute atomic E-state index is 13.5. The van der Waals surface area contributed by atoms with E-state index >= 15 is 0 Å². The molecule has 0 unspecified atom stereocenters. The van der Waals surface area contributed by atoms with Gasteiger partial charge in [0.15, 0.2) is 0 Å². The fourth-order valence-electron chi connectivity index (χ4n) is 1.46. The Morgan fingerprint density at radius 3 is 1.94 bits per heavy atom. The van der Waals surface area contributed by atoms with E-state index < -0.39 is 35.4 Å². The second kappa shape index (κ2) is 4.43. The predicted octanol–water partition coefficient (Wildman–Crippen LogP) is 3.78. The Kier molecular flexibility index (Phi) is 3.54. The van der Waals surface area contributed by atoms with E-state index in [0.717, 1.165) is 19.1 Å². The third-order valence-corrected chi connectivity index (χ3v) is 2.10. The number of benzene rings is 1. The van der Waals surface area contributed by atoms with Crippen LogP contribution in [0.25, 0.3) is 0 Å². The lowest BCUT2D eigenvalue weighted by atomic mass is 9.97. The number of alkyl halides is 5. The summed E-state index contributed by atoms with van der Waals surface area (Å²) >= 11 is 0. The van der Waals surface area contributed by atoms with Gasteiger partial charge in [0, 0.05) is 5.56 Å². The molecule has 0 fully saturated rings. The summed E-state index contributed by atoms with van der Waals surface area (Å²) in [6.45, 7) is 0.907. The van der Waals surface area contributed by atoms with Gasteiger partial charge in [0.1, 0.15) is 5.78 Å². The van der Waals surface area contributed by atoms with Crippen LogP contribution < -0.4 is 0 Å². The van der Waals surface area contributed by atoms with Gasteiger partial charge in [0.05, 0.1) is 12.0 Å². The van der Waals surface area contributed by atoms with Gasteiger partial charge in [-0.25, -0.2) is 8.78 Å². The third kappa shape index (κ3) is 3.25. The van der Waals surface area contributed by atoms with Crippen molar-refractivity contribution in [3.63, 3.8) is 0 Å². The molecule has 0 radical (unpaired) electrons. The van der Waals surface area contributed by atoms with Crippen molar-refractivity contribution in [1.29, 1.82) is 0 Å². The van der Waals surface area contributed by atoms with Crippen LogP contribution in [-0.2, 0) is 16.9 Å². The van der Waals surface area contributed by atoms with E-state index in [1.54, 1.807) is 0 Å². The number of carbonyl (C=O) groups is 1. The van der Waals surface area contributed by atoms with Crippen LogP contribution in [0.2, 0.25) is 0 Å². The quantitative estimate of drug-likeness (QED) is 0.748. The zero-order valence-corrected chi connectivity index (χ0v) is 8.81. The number of rotatable bonds is 3. The minimum atomic E-state index is -4.86. The number of halogens is 5. The van der Waals surface area contributed by atoms with Crippen LogP contribution in [0.1, 0.15) is 24.5 Å². The second-order valence-electron chi connectivity index (χ2n) is 3.63. The first-order chi connectivity index (χ1) is 7.64. The standard InChI is InChI=1S/C11H9F5O/c1-7(17)6-10(12,13)8-4-2-3-5-9(8)11(14,15)16/h2-5H,6H2,1H3. The summed E-state index contributed by atoms with van der Waals surface area (Å²) in [5, 5.41) is 0. The number of hydrogen-bond acceptors (Lipinski definition) is 1. The molecule has 0 saturated carbocycles. The Balaban J connectivity index is 3.26. The van der Waals surface area contributed by atoms with Crippen molar-refractivity contribution in [2.75, 3.05) is 0 Å². The highest BCUT2D eigenvalue weighted by atomic mass is 19.4. The molecule has 0 saturated heterocycles. The second-order valence-corrected chi connectivity index (χ2v) is 3.63. The summed E-state index contributed by atoms with van der Waals surface area (Å²) in [6.07, 6.45) is -6.10. The smallest absolute Gasteiger partial charge is 0.300 e. The van der Waals surface area contributed by atoms with E-state index in [2.05, 4.69) is 0 Å². The number of ketones is 1. The van der Waals surface area contributed by atoms with Gasteiger partial charge in [-0.1, -0.05) is 18.2 Å². The highest BCUT2D eigenvalue weighted by Crippen LogP contribution is 2.40. The molecule has 1 nitrogen and oxygen atoms in total. The summed E-state index contributed by atoms with van der Waals surface area (Å²) in [5.41, 5.74) is -2.58. The summed E-state index contributed by atoms with van der Waals surface area (Å²) in [5.74, 6) is -4.68. The van der Waals surface area contributed by atoms with E-state index in [4.69, 9.17) is 0 Å². The SMILES string of the molecule is CC(=O)CC(F)(F)c1ccccc1C(F)(F)F. The van der Waals surface area contributed by atoms with Crippen LogP contribution in [0.3, 0.4) is 0 Å². The van der Waals surface area contributed by atoms with Crippen molar-refractivity contribution in [2.45, 2.75) is 25.4 Å². The molecule has 1 aromatic carbocycles. The fraction of sp³-hybridized carbons (Fsp3) is 0.364. The summed E-state index contributed by atoms with van der Waals surface area (Å²) in [4.78, 5) is 10.6. The zero-order chi connectivity index (χ0) is 13.3. The van der Waals surface area contributed by atoms with Crippen LogP contribution in [0.4, 0.5) is 22.0 Å². The first kappa shape index (κ1) is 13.6. The fourth-order valence-corrected chi connectivity index (χ4v) is 1.46. The molecule has 0 heterocycles. The molecule has 0 aliphatic carbocycles. The van der Waals surface area contributed by atoms with Gasteiger partial charge in [-0.05, 0) is 13.0 Å². The van der Waals surface area contributed by atoms with Crippen LogP contribution in [0, 0.1) is 0 Å². The van der Waals surface area contributed by atoms with Gasteiger partial charge in [0.25, 0.3) is 5.92 Å². The zero-order valence-electron chi connectivity index (χ0n) is 8.81. The lowest BCUT2D eigenvalue weighted by Gasteiger charge is -2.20. The minimum Gasteiger partial charge on any atom is -0.300 e. The van der Waals surface area contributed by atoms with Crippen LogP contribution in [0.5, 0.6) is 0 Å². The van der Waals surface area contributed by atoms with Gasteiger partial charge in [0.2, 0.25) is 0 Å². The molecule has 0 aromatic heterocycles. The average Bonchev–Trinajstić information content (AvgIpc) is 2.14. The largest absolute Gasteiger partial charge is 0.416 e. The molecule has 94 valence electrons. The van der Waals surface area contributed by atoms with E-state index in [0.29, 0.717) is 12.1 Å². The Labute approximate surface area is 94.2 Å². The molecule has 0 atom stereocenters. The first-order valence-corrected chi connectivity index (χ1v) is 4.68. The molecule has 6 heteroatoms. The molecule has 0 aliphatic heterocycles. The molecule has 0 amide bonds. The first-order valence-electron chi connectivity index (χ1n) is 4.68. The van der Waals surface area contributed by atoms with E-state index in [1.807, 2.05) is 0 Å². The summed E-state index contributed by atoms with van der Waals surface area (Å²) in [7, 11) is 0. The molecule has 17 heavy (non-hydrogen) atoms. The maximum atomic E-state index is 13.5. The van der Waals surface area contributed by atoms with Crippen molar-refractivity contribution in [1.82, 2.24) is 0 Å². The molecule has 0 aliphatic rings. The molecule has 0 bridgehead atoms. The van der Waals surface area contributed by atoms with Crippen LogP contribution in [-0.4, -0.2) is 5.78 Å². The topological polar surface area (TPSA) is 17.1 Å². The highest BCUT2D eigenvalue weighted by Gasteiger charge is 2.42. The summed E-state index contributed by atoms with van der Waals surface area (Å²) in [6, 6.07) is 3.37. The van der Waals surface area contributed by atoms with Gasteiger partial charge < -0.3 is 0 Å². The molecular weight excluding hydrogens is 243 g/mol. The monoisotopic (exact) mass is 252 g/mol. The van der Waals surface area contributed by atoms with E-state index in [1.165, 1.54) is 0 Å². The minimum absolute atomic E-state index is 0.573. The number of Topliss-reactive ketones (excluding diaryl/α,β-unsaturated/α-hetero) is 1. The van der Waals surface area contributed by atoms with Gasteiger partial charge in [-0.15, -0.1) is 0 Å². The van der Waals surface area contributed by atoms with Crippen LogP contribution in [0.15, 0.2) is 24.3 Å². The maximum Gasteiger partial charge on any atom is 0.416 e. The lowest BCUT2D eigenvalue weighted by Crippen LogP contribution is -2.22. The van der Waals surface area contributed by atoms with Crippen LogP contribution >= 0.6 is 0 Å². The van der Waals surface area contributed by atoms with Crippen molar-refractivity contribution in [3.8, 4) is 0 Å². The Bertz CT molecular complexity index is 422. The molecule has 0 spiro atoms. The Hall–Kier alpha value is -1.46. The normalized spacial score (nSPS) is 12.6. The number of hydrogen-bond donors (Lipinski definition) is 0. The number of carbonyl (C=O) groups excluding carboxylic acids is 1. The summed E-state index contributed by atoms with van der Waals surface area (Å²) < 4.78 is 64.4. The molecule has 1 aromatic rings. The molecule has 1 rings (SSSR count). The highest BCUT2D eigenvalue weighted by molar-refractivity contribution is 5.76. The van der Waals surface area contributed by atoms with Gasteiger partial charge >= 0.3 is 6.18 Å². The van der Waals surface area contributed by atoms with Crippen molar-refractivity contribution >= 4 is 5.78 Å². The molecule has 0 N–H and O–H groups in total.